The molecule has 0 atom stereocenters. The fraction of sp³-hybridized carbons (Fsp3) is 0.562. The van der Waals surface area contributed by atoms with E-state index in [1.165, 1.54) is 38.8 Å². The van der Waals surface area contributed by atoms with Gasteiger partial charge in [0.2, 0.25) is 0 Å². The average molecular weight is 275 g/mol. The van der Waals surface area contributed by atoms with Gasteiger partial charge < -0.3 is 15.5 Å². The third kappa shape index (κ3) is 4.85. The van der Waals surface area contributed by atoms with Crippen molar-refractivity contribution in [1.29, 1.82) is 0 Å². The number of rotatable bonds is 4. The van der Waals surface area contributed by atoms with Crippen LogP contribution in [0.5, 0.6) is 0 Å². The number of nitrogens with one attached hydrogen (secondary N) is 2. The molecule has 0 radical (unpaired) electrons. The van der Waals surface area contributed by atoms with Crippen LogP contribution in [0.3, 0.4) is 0 Å². The van der Waals surface area contributed by atoms with E-state index in [0.717, 1.165) is 17.8 Å². The van der Waals surface area contributed by atoms with Crippen molar-refractivity contribution in [1.82, 2.24) is 10.2 Å². The summed E-state index contributed by atoms with van der Waals surface area (Å²) in [5, 5.41) is 5.83. The van der Waals surface area contributed by atoms with Crippen LogP contribution in [-0.4, -0.2) is 37.1 Å². The van der Waals surface area contributed by atoms with Gasteiger partial charge in [0.15, 0.2) is 0 Å². The first kappa shape index (κ1) is 14.9. The molecule has 0 aliphatic carbocycles. The molecular weight excluding hydrogens is 250 g/mol. The van der Waals surface area contributed by atoms with Crippen molar-refractivity contribution in [2.75, 3.05) is 31.5 Å². The molecule has 0 aromatic heterocycles. The van der Waals surface area contributed by atoms with E-state index in [-0.39, 0.29) is 6.03 Å². The van der Waals surface area contributed by atoms with Crippen molar-refractivity contribution >= 4 is 11.7 Å². The van der Waals surface area contributed by atoms with Gasteiger partial charge in [0, 0.05) is 18.8 Å². The smallest absolute Gasteiger partial charge is 0.319 e. The summed E-state index contributed by atoms with van der Waals surface area (Å²) in [5.41, 5.74) is 1.95. The molecule has 2 N–H and O–H groups in total. The Hall–Kier alpha value is -1.55. The highest BCUT2D eigenvalue weighted by molar-refractivity contribution is 5.89. The van der Waals surface area contributed by atoms with Gasteiger partial charge in [-0.25, -0.2) is 4.79 Å². The van der Waals surface area contributed by atoms with Crippen molar-refractivity contribution in [3.8, 4) is 0 Å². The molecule has 1 heterocycles. The van der Waals surface area contributed by atoms with Gasteiger partial charge in [-0.15, -0.1) is 0 Å². The van der Waals surface area contributed by atoms with E-state index >= 15 is 0 Å². The molecule has 2 rings (SSSR count). The van der Waals surface area contributed by atoms with E-state index in [1.807, 2.05) is 31.2 Å². The predicted octanol–water partition coefficient (Wildman–Crippen LogP) is 2.99. The number of likely N-dealkylation sites (tertiary alicyclic amines) is 1. The number of benzene rings is 1. The first-order valence-corrected chi connectivity index (χ1v) is 7.58. The zero-order valence-corrected chi connectivity index (χ0v) is 12.3. The average Bonchev–Trinajstić information content (AvgIpc) is 2.70. The lowest BCUT2D eigenvalue weighted by atomic mass is 10.2. The molecule has 20 heavy (non-hydrogen) atoms. The van der Waals surface area contributed by atoms with Crippen LogP contribution in [0.4, 0.5) is 10.5 Å². The third-order valence-corrected chi connectivity index (χ3v) is 3.81. The first-order valence-electron chi connectivity index (χ1n) is 7.58. The second-order valence-electron chi connectivity index (χ2n) is 5.45. The van der Waals surface area contributed by atoms with Gasteiger partial charge in [-0.3, -0.25) is 0 Å². The molecule has 1 aliphatic heterocycles. The number of para-hydroxylation sites is 1. The number of urea groups is 1. The topological polar surface area (TPSA) is 44.4 Å². The molecule has 1 aromatic rings. The van der Waals surface area contributed by atoms with Gasteiger partial charge in [-0.05, 0) is 44.5 Å². The number of aryl methyl sites for hydroxylation is 1. The van der Waals surface area contributed by atoms with E-state index in [9.17, 15) is 4.79 Å². The molecule has 4 heteroatoms. The Kier molecular flexibility index (Phi) is 5.87. The molecule has 0 spiro atoms. The fourth-order valence-corrected chi connectivity index (χ4v) is 2.57. The van der Waals surface area contributed by atoms with Crippen LogP contribution >= 0.6 is 0 Å². The lowest BCUT2D eigenvalue weighted by molar-refractivity contribution is 0.246. The lowest BCUT2D eigenvalue weighted by Crippen LogP contribution is -2.37. The number of hydrogen-bond donors (Lipinski definition) is 2. The second-order valence-corrected chi connectivity index (χ2v) is 5.45. The Labute approximate surface area is 121 Å². The van der Waals surface area contributed by atoms with Crippen LogP contribution in [-0.2, 0) is 0 Å². The Bertz CT molecular complexity index is 425. The number of hydrogen-bond acceptors (Lipinski definition) is 2. The van der Waals surface area contributed by atoms with E-state index in [2.05, 4.69) is 15.5 Å². The standard InChI is InChI=1S/C16H25N3O/c1-14-8-4-5-9-15(14)18-16(20)17-10-13-19-11-6-2-3-7-12-19/h4-5,8-9H,2-3,6-7,10-13H2,1H3,(H2,17,18,20). The van der Waals surface area contributed by atoms with Gasteiger partial charge in [0.25, 0.3) is 0 Å². The van der Waals surface area contributed by atoms with Gasteiger partial charge in [0.05, 0.1) is 0 Å². The molecule has 1 saturated heterocycles. The summed E-state index contributed by atoms with van der Waals surface area (Å²) < 4.78 is 0. The largest absolute Gasteiger partial charge is 0.337 e. The molecule has 1 aromatic carbocycles. The van der Waals surface area contributed by atoms with Crippen LogP contribution < -0.4 is 10.6 Å². The summed E-state index contributed by atoms with van der Waals surface area (Å²) in [6.07, 6.45) is 5.26. The van der Waals surface area contributed by atoms with Crippen LogP contribution in [0.1, 0.15) is 31.2 Å². The van der Waals surface area contributed by atoms with Crippen molar-refractivity contribution in [3.05, 3.63) is 29.8 Å². The fourth-order valence-electron chi connectivity index (χ4n) is 2.57. The highest BCUT2D eigenvalue weighted by Crippen LogP contribution is 2.12. The number of carbonyl (C=O) groups excluding carboxylic acids is 1. The maximum absolute atomic E-state index is 11.8. The number of anilines is 1. The number of amides is 2. The zero-order chi connectivity index (χ0) is 14.2. The Morgan fingerprint density at radius 3 is 2.55 bits per heavy atom. The van der Waals surface area contributed by atoms with E-state index < -0.39 is 0 Å². The summed E-state index contributed by atoms with van der Waals surface area (Å²) in [5.74, 6) is 0. The van der Waals surface area contributed by atoms with Crippen LogP contribution in [0, 0.1) is 6.92 Å². The van der Waals surface area contributed by atoms with Crippen molar-refractivity contribution in [3.63, 3.8) is 0 Å². The summed E-state index contributed by atoms with van der Waals surface area (Å²) in [6, 6.07) is 7.70. The minimum atomic E-state index is -0.117. The van der Waals surface area contributed by atoms with Gasteiger partial charge in [0.1, 0.15) is 0 Å². The normalized spacial score (nSPS) is 16.4. The molecular formula is C16H25N3O. The molecule has 0 saturated carbocycles. The SMILES string of the molecule is Cc1ccccc1NC(=O)NCCN1CCCCCC1. The molecule has 110 valence electrons. The van der Waals surface area contributed by atoms with Crippen LogP contribution in [0.15, 0.2) is 24.3 Å². The molecule has 1 fully saturated rings. The highest BCUT2D eigenvalue weighted by Gasteiger charge is 2.09. The maximum Gasteiger partial charge on any atom is 0.319 e. The quantitative estimate of drug-likeness (QED) is 0.887. The number of nitrogens with zero attached hydrogens (tertiary/aromatic N) is 1. The van der Waals surface area contributed by atoms with Gasteiger partial charge in [-0.2, -0.15) is 0 Å². The Morgan fingerprint density at radius 1 is 1.15 bits per heavy atom. The third-order valence-electron chi connectivity index (χ3n) is 3.81. The molecule has 0 unspecified atom stereocenters. The van der Waals surface area contributed by atoms with E-state index in [4.69, 9.17) is 0 Å². The van der Waals surface area contributed by atoms with Crippen molar-refractivity contribution < 1.29 is 4.79 Å². The maximum atomic E-state index is 11.8. The predicted molar refractivity (Wildman–Crippen MR) is 83.1 cm³/mol. The summed E-state index contributed by atoms with van der Waals surface area (Å²) in [6.45, 7) is 5.98. The first-order chi connectivity index (χ1) is 9.75. The Balaban J connectivity index is 1.68. The molecule has 2 amide bonds. The highest BCUT2D eigenvalue weighted by atomic mass is 16.2. The zero-order valence-electron chi connectivity index (χ0n) is 12.3. The van der Waals surface area contributed by atoms with Crippen molar-refractivity contribution in [2.24, 2.45) is 0 Å². The second kappa shape index (κ2) is 7.90. The van der Waals surface area contributed by atoms with E-state index in [0.29, 0.717) is 6.54 Å². The molecule has 1 aliphatic rings. The summed E-state index contributed by atoms with van der Waals surface area (Å²) in [4.78, 5) is 14.3. The molecule has 0 bridgehead atoms. The Morgan fingerprint density at radius 2 is 1.85 bits per heavy atom. The lowest BCUT2D eigenvalue weighted by Gasteiger charge is -2.19. The van der Waals surface area contributed by atoms with Gasteiger partial charge >= 0.3 is 6.03 Å². The van der Waals surface area contributed by atoms with Crippen molar-refractivity contribution in [2.45, 2.75) is 32.6 Å². The number of carbonyl (C=O) groups is 1. The minimum Gasteiger partial charge on any atom is -0.337 e. The molecule has 4 nitrogen and oxygen atoms in total. The summed E-state index contributed by atoms with van der Waals surface area (Å²) in [7, 11) is 0. The van der Waals surface area contributed by atoms with Crippen LogP contribution in [0.2, 0.25) is 0 Å². The van der Waals surface area contributed by atoms with Crippen LogP contribution in [0.25, 0.3) is 0 Å². The minimum absolute atomic E-state index is 0.117. The van der Waals surface area contributed by atoms with E-state index in [1.54, 1.807) is 0 Å². The monoisotopic (exact) mass is 275 g/mol. The van der Waals surface area contributed by atoms with Gasteiger partial charge in [-0.1, -0.05) is 31.0 Å². The summed E-state index contributed by atoms with van der Waals surface area (Å²) >= 11 is 0.